The van der Waals surface area contributed by atoms with Gasteiger partial charge in [-0.3, -0.25) is 4.79 Å². The van der Waals surface area contributed by atoms with Gasteiger partial charge in [0.1, 0.15) is 0 Å². The Kier molecular flexibility index (Phi) is 5.72. The predicted octanol–water partition coefficient (Wildman–Crippen LogP) is 6.59. The fourth-order valence-corrected chi connectivity index (χ4v) is 5.53. The number of fused-ring (bicyclic) bond motifs is 3. The van der Waals surface area contributed by atoms with E-state index in [1.807, 2.05) is 0 Å². The zero-order chi connectivity index (χ0) is 24.0. The molecular weight excluding hydrogens is 426 g/mol. The summed E-state index contributed by atoms with van der Waals surface area (Å²) >= 11 is 0. The number of ketones is 1. The summed E-state index contributed by atoms with van der Waals surface area (Å²) in [6.45, 7) is 4.39. The molecule has 4 aromatic rings. The number of carbonyl (C=O) groups is 1. The molecule has 1 heterocycles. The zero-order valence-electron chi connectivity index (χ0n) is 20.5. The van der Waals surface area contributed by atoms with Crippen molar-refractivity contribution in [3.05, 3.63) is 64.7 Å². The van der Waals surface area contributed by atoms with Crippen LogP contribution in [0.2, 0.25) is 0 Å². The molecule has 2 atom stereocenters. The standard InChI is InChI=1S/C29H31NO4/c1-6-17-13-22(26-21-9-7-8-10-23(21)30-27(26)16(17)2)19-11-12-20(19)28(31)18-14-24(32-3)29(34-5)25(15-18)33-4/h7-10,13-15,19-20,30H,6,11-12H2,1-5H3. The molecule has 176 valence electrons. The molecule has 1 aliphatic rings. The Morgan fingerprint density at radius 1 is 1.00 bits per heavy atom. The summed E-state index contributed by atoms with van der Waals surface area (Å²) in [6.07, 6.45) is 2.84. The van der Waals surface area contributed by atoms with Gasteiger partial charge in [-0.1, -0.05) is 31.2 Å². The second kappa shape index (κ2) is 8.71. The Balaban J connectivity index is 1.61. The Morgan fingerprint density at radius 2 is 1.71 bits per heavy atom. The van der Waals surface area contributed by atoms with Crippen LogP contribution >= 0.6 is 0 Å². The summed E-state index contributed by atoms with van der Waals surface area (Å²) in [5.41, 5.74) is 6.85. The third-order valence-electron chi connectivity index (χ3n) is 7.52. The molecule has 0 spiro atoms. The molecule has 3 aromatic carbocycles. The van der Waals surface area contributed by atoms with E-state index in [4.69, 9.17) is 14.2 Å². The Hall–Kier alpha value is -3.47. The van der Waals surface area contributed by atoms with Crippen LogP contribution in [0.25, 0.3) is 21.8 Å². The van der Waals surface area contributed by atoms with Crippen LogP contribution in [-0.4, -0.2) is 32.1 Å². The molecule has 0 radical (unpaired) electrons. The van der Waals surface area contributed by atoms with Crippen LogP contribution in [0.1, 0.15) is 52.7 Å². The highest BCUT2D eigenvalue weighted by atomic mass is 16.5. The highest BCUT2D eigenvalue weighted by molar-refractivity contribution is 6.11. The van der Waals surface area contributed by atoms with Crippen molar-refractivity contribution in [2.45, 2.75) is 39.0 Å². The topological polar surface area (TPSA) is 60.6 Å². The van der Waals surface area contributed by atoms with Crippen molar-refractivity contribution in [1.82, 2.24) is 4.98 Å². The number of nitrogens with one attached hydrogen (secondary N) is 1. The maximum absolute atomic E-state index is 13.7. The summed E-state index contributed by atoms with van der Waals surface area (Å²) in [5.74, 6) is 1.74. The van der Waals surface area contributed by atoms with Gasteiger partial charge in [0, 0.05) is 33.3 Å². The van der Waals surface area contributed by atoms with Crippen molar-refractivity contribution in [3.8, 4) is 17.2 Å². The van der Waals surface area contributed by atoms with E-state index in [0.717, 1.165) is 24.8 Å². The maximum Gasteiger partial charge on any atom is 0.203 e. The molecule has 0 amide bonds. The quantitative estimate of drug-likeness (QED) is 0.318. The molecule has 2 unspecified atom stereocenters. The lowest BCUT2D eigenvalue weighted by Gasteiger charge is -2.37. The largest absolute Gasteiger partial charge is 0.493 e. The van der Waals surface area contributed by atoms with E-state index >= 15 is 0 Å². The van der Waals surface area contributed by atoms with Crippen LogP contribution in [0, 0.1) is 12.8 Å². The first-order valence-corrected chi connectivity index (χ1v) is 11.9. The molecule has 1 saturated carbocycles. The Morgan fingerprint density at radius 3 is 2.29 bits per heavy atom. The fraction of sp³-hybridized carbons (Fsp3) is 0.345. The minimum absolute atomic E-state index is 0.0768. The van der Waals surface area contributed by atoms with Crippen LogP contribution in [0.3, 0.4) is 0 Å². The molecule has 1 N–H and O–H groups in total. The van der Waals surface area contributed by atoms with E-state index in [1.165, 1.54) is 33.0 Å². The maximum atomic E-state index is 13.7. The highest BCUT2D eigenvalue weighted by Crippen LogP contribution is 2.49. The summed E-state index contributed by atoms with van der Waals surface area (Å²) < 4.78 is 16.4. The van der Waals surface area contributed by atoms with Crippen LogP contribution in [0.15, 0.2) is 42.5 Å². The second-order valence-electron chi connectivity index (χ2n) is 9.09. The molecule has 5 heteroatoms. The number of rotatable bonds is 7. The van der Waals surface area contributed by atoms with Crippen molar-refractivity contribution < 1.29 is 19.0 Å². The first-order chi connectivity index (χ1) is 16.5. The predicted molar refractivity (Wildman–Crippen MR) is 136 cm³/mol. The number of H-pyrrole nitrogens is 1. The van der Waals surface area contributed by atoms with Gasteiger partial charge in [-0.15, -0.1) is 0 Å². The zero-order valence-corrected chi connectivity index (χ0v) is 20.5. The van der Waals surface area contributed by atoms with Crippen LogP contribution < -0.4 is 14.2 Å². The first kappa shape index (κ1) is 22.3. The van der Waals surface area contributed by atoms with Crippen molar-refractivity contribution in [2.75, 3.05) is 21.3 Å². The number of aromatic amines is 1. The van der Waals surface area contributed by atoms with E-state index < -0.39 is 0 Å². The Labute approximate surface area is 200 Å². The SMILES string of the molecule is CCc1cc(C2CCC2C(=O)c2cc(OC)c(OC)c(OC)c2)c2c([nH]c3ccccc32)c1C. The number of aryl methyl sites for hydroxylation is 2. The average Bonchev–Trinajstić information content (AvgIpc) is 3.24. The summed E-state index contributed by atoms with van der Waals surface area (Å²) in [6, 6.07) is 14.3. The molecule has 0 bridgehead atoms. The van der Waals surface area contributed by atoms with Crippen LogP contribution in [0.5, 0.6) is 17.2 Å². The van der Waals surface area contributed by atoms with Gasteiger partial charge in [0.05, 0.1) is 21.3 Å². The molecule has 1 aromatic heterocycles. The fourth-order valence-electron chi connectivity index (χ4n) is 5.53. The molecule has 5 nitrogen and oxygen atoms in total. The third kappa shape index (κ3) is 3.33. The van der Waals surface area contributed by atoms with E-state index in [-0.39, 0.29) is 17.6 Å². The molecule has 0 saturated heterocycles. The number of benzene rings is 3. The van der Waals surface area contributed by atoms with Crippen LogP contribution in [0.4, 0.5) is 0 Å². The van der Waals surface area contributed by atoms with E-state index in [1.54, 1.807) is 33.5 Å². The molecule has 0 aliphatic heterocycles. The summed E-state index contributed by atoms with van der Waals surface area (Å²) in [7, 11) is 4.72. The number of aromatic nitrogens is 1. The lowest BCUT2D eigenvalue weighted by molar-refractivity contribution is 0.0819. The lowest BCUT2D eigenvalue weighted by atomic mass is 9.66. The van der Waals surface area contributed by atoms with Crippen molar-refractivity contribution in [2.24, 2.45) is 5.92 Å². The van der Waals surface area contributed by atoms with Crippen LogP contribution in [-0.2, 0) is 6.42 Å². The molecular formula is C29H31NO4. The van der Waals surface area contributed by atoms with Gasteiger partial charge in [0.15, 0.2) is 17.3 Å². The smallest absolute Gasteiger partial charge is 0.203 e. The van der Waals surface area contributed by atoms with Gasteiger partial charge < -0.3 is 19.2 Å². The molecule has 1 aliphatic carbocycles. The summed E-state index contributed by atoms with van der Waals surface area (Å²) in [4.78, 5) is 17.4. The number of methoxy groups -OCH3 is 3. The highest BCUT2D eigenvalue weighted by Gasteiger charge is 2.40. The van der Waals surface area contributed by atoms with Crippen molar-refractivity contribution in [3.63, 3.8) is 0 Å². The Bertz CT molecular complexity index is 1380. The molecule has 34 heavy (non-hydrogen) atoms. The van der Waals surface area contributed by atoms with E-state index in [9.17, 15) is 4.79 Å². The van der Waals surface area contributed by atoms with Gasteiger partial charge in [-0.25, -0.2) is 0 Å². The van der Waals surface area contributed by atoms with Crippen molar-refractivity contribution >= 4 is 27.6 Å². The number of para-hydroxylation sites is 1. The van der Waals surface area contributed by atoms with Gasteiger partial charge in [-0.05, 0) is 67.0 Å². The van der Waals surface area contributed by atoms with Gasteiger partial charge in [-0.2, -0.15) is 0 Å². The van der Waals surface area contributed by atoms with E-state index in [2.05, 4.69) is 49.2 Å². The number of hydrogen-bond acceptors (Lipinski definition) is 4. The van der Waals surface area contributed by atoms with Gasteiger partial charge in [0.2, 0.25) is 5.75 Å². The van der Waals surface area contributed by atoms with Gasteiger partial charge >= 0.3 is 0 Å². The second-order valence-corrected chi connectivity index (χ2v) is 9.09. The first-order valence-electron chi connectivity index (χ1n) is 11.9. The normalized spacial score (nSPS) is 17.6. The monoisotopic (exact) mass is 457 g/mol. The minimum Gasteiger partial charge on any atom is -0.493 e. The van der Waals surface area contributed by atoms with Gasteiger partial charge in [0.25, 0.3) is 0 Å². The average molecular weight is 458 g/mol. The molecule has 1 fully saturated rings. The lowest BCUT2D eigenvalue weighted by Crippen LogP contribution is -2.31. The minimum atomic E-state index is -0.0768. The van der Waals surface area contributed by atoms with Crippen molar-refractivity contribution in [1.29, 1.82) is 0 Å². The number of Topliss-reactive ketones (excluding diaryl/α,β-unsaturated/α-hetero) is 1. The number of carbonyl (C=O) groups excluding carboxylic acids is 1. The number of hydrogen-bond donors (Lipinski definition) is 1. The number of ether oxygens (including phenoxy) is 3. The third-order valence-corrected chi connectivity index (χ3v) is 7.52. The molecule has 5 rings (SSSR count). The van der Waals surface area contributed by atoms with E-state index in [0.29, 0.717) is 22.8 Å². The summed E-state index contributed by atoms with van der Waals surface area (Å²) in [5, 5.41) is 2.49.